The van der Waals surface area contributed by atoms with Crippen LogP contribution in [0.4, 0.5) is 4.39 Å². The number of benzene rings is 1. The van der Waals surface area contributed by atoms with Crippen LogP contribution in [0.2, 0.25) is 0 Å². The molecule has 1 heterocycles. The molecule has 1 saturated carbocycles. The molecule has 108 valence electrons. The molecule has 0 atom stereocenters. The smallest absolute Gasteiger partial charge is 0.216 e. The highest BCUT2D eigenvalue weighted by Crippen LogP contribution is 2.35. The highest BCUT2D eigenvalue weighted by atomic mass is 19.1. The number of aromatic nitrogens is 1. The molecule has 1 N–H and O–H groups in total. The van der Waals surface area contributed by atoms with Gasteiger partial charge in [-0.05, 0) is 49.1 Å². The maximum atomic E-state index is 12.8. The van der Waals surface area contributed by atoms with Crippen LogP contribution in [0.25, 0.3) is 5.76 Å². The summed E-state index contributed by atoms with van der Waals surface area (Å²) >= 11 is 0. The molecular formula is C17H16FNO2. The van der Waals surface area contributed by atoms with Crippen LogP contribution in [0.5, 0.6) is 5.88 Å². The largest absolute Gasteiger partial charge is 0.507 e. The van der Waals surface area contributed by atoms with E-state index in [1.165, 1.54) is 12.1 Å². The van der Waals surface area contributed by atoms with Crippen molar-refractivity contribution in [3.05, 3.63) is 64.6 Å². The van der Waals surface area contributed by atoms with E-state index < -0.39 is 0 Å². The summed E-state index contributed by atoms with van der Waals surface area (Å²) in [5.41, 5.74) is 3.55. The van der Waals surface area contributed by atoms with Gasteiger partial charge in [-0.3, -0.25) is 0 Å². The van der Waals surface area contributed by atoms with Gasteiger partial charge < -0.3 is 9.84 Å². The summed E-state index contributed by atoms with van der Waals surface area (Å²) < 4.78 is 18.5. The van der Waals surface area contributed by atoms with E-state index in [1.54, 1.807) is 18.3 Å². The Bertz CT molecular complexity index is 686. The lowest BCUT2D eigenvalue weighted by Crippen LogP contribution is -2.00. The van der Waals surface area contributed by atoms with Crippen LogP contribution in [-0.2, 0) is 6.61 Å². The van der Waals surface area contributed by atoms with Crippen LogP contribution < -0.4 is 4.74 Å². The molecule has 0 amide bonds. The first kappa shape index (κ1) is 13.6. The van der Waals surface area contributed by atoms with Crippen molar-refractivity contribution < 1.29 is 14.2 Å². The Balaban J connectivity index is 1.71. The molecular weight excluding hydrogens is 269 g/mol. The third-order valence-electron chi connectivity index (χ3n) is 3.43. The normalized spacial score (nSPS) is 13.1. The second-order valence-corrected chi connectivity index (χ2v) is 5.21. The molecule has 0 aliphatic heterocycles. The van der Waals surface area contributed by atoms with Crippen molar-refractivity contribution in [3.8, 4) is 5.88 Å². The fourth-order valence-electron chi connectivity index (χ4n) is 2.08. The number of aryl methyl sites for hydroxylation is 1. The third-order valence-corrected chi connectivity index (χ3v) is 3.43. The van der Waals surface area contributed by atoms with Crippen LogP contribution in [0.3, 0.4) is 0 Å². The number of ether oxygens (including phenoxy) is 1. The number of halogens is 1. The van der Waals surface area contributed by atoms with Crippen molar-refractivity contribution >= 4 is 5.76 Å². The Morgan fingerprint density at radius 1 is 1.29 bits per heavy atom. The van der Waals surface area contributed by atoms with Gasteiger partial charge >= 0.3 is 0 Å². The molecule has 1 aliphatic rings. The lowest BCUT2D eigenvalue weighted by molar-refractivity contribution is 0.291. The summed E-state index contributed by atoms with van der Waals surface area (Å²) in [6, 6.07) is 8.04. The van der Waals surface area contributed by atoms with E-state index in [0.29, 0.717) is 18.2 Å². The van der Waals surface area contributed by atoms with Gasteiger partial charge in [0.15, 0.2) is 0 Å². The van der Waals surface area contributed by atoms with Crippen LogP contribution in [0, 0.1) is 12.7 Å². The number of rotatable bonds is 4. The fraction of sp³-hybridized carbons (Fsp3) is 0.235. The van der Waals surface area contributed by atoms with Crippen molar-refractivity contribution in [1.29, 1.82) is 0 Å². The summed E-state index contributed by atoms with van der Waals surface area (Å²) in [5, 5.41) is 9.97. The molecule has 0 unspecified atom stereocenters. The molecule has 2 aromatic rings. The zero-order valence-electron chi connectivity index (χ0n) is 11.8. The number of aliphatic hydroxyl groups excluding tert-OH is 1. The molecule has 0 spiro atoms. The highest BCUT2D eigenvalue weighted by Gasteiger charge is 2.19. The molecule has 1 aromatic carbocycles. The zero-order chi connectivity index (χ0) is 14.8. The van der Waals surface area contributed by atoms with E-state index in [-0.39, 0.29) is 5.82 Å². The quantitative estimate of drug-likeness (QED) is 0.857. The van der Waals surface area contributed by atoms with Gasteiger partial charge in [-0.2, -0.15) is 0 Å². The topological polar surface area (TPSA) is 42.4 Å². The number of allylic oxidation sites excluding steroid dienone is 1. The van der Waals surface area contributed by atoms with Crippen molar-refractivity contribution in [2.75, 3.05) is 0 Å². The standard InChI is InChI=1S/C17H16FNO2/c1-11-8-14(16(20)13-4-5-13)9-19-17(11)21-10-12-2-6-15(18)7-3-12/h2-3,6-9,20H,4-5,10H2,1H3. The Morgan fingerprint density at radius 3 is 2.62 bits per heavy atom. The van der Waals surface area contributed by atoms with Crippen LogP contribution in [0.15, 0.2) is 42.1 Å². The maximum Gasteiger partial charge on any atom is 0.216 e. The maximum absolute atomic E-state index is 12.8. The van der Waals surface area contributed by atoms with Crippen LogP contribution in [0.1, 0.15) is 29.5 Å². The van der Waals surface area contributed by atoms with Gasteiger partial charge in [0.25, 0.3) is 0 Å². The number of pyridine rings is 1. The molecule has 0 radical (unpaired) electrons. The lowest BCUT2D eigenvalue weighted by Gasteiger charge is -2.09. The summed E-state index contributed by atoms with van der Waals surface area (Å²) in [4.78, 5) is 4.25. The van der Waals surface area contributed by atoms with Crippen molar-refractivity contribution in [2.45, 2.75) is 26.4 Å². The van der Waals surface area contributed by atoms with Gasteiger partial charge in [0.1, 0.15) is 18.2 Å². The minimum Gasteiger partial charge on any atom is -0.507 e. The predicted octanol–water partition coefficient (Wildman–Crippen LogP) is 4.17. The van der Waals surface area contributed by atoms with E-state index >= 15 is 0 Å². The average Bonchev–Trinajstić information content (AvgIpc) is 3.31. The van der Waals surface area contributed by atoms with Gasteiger partial charge in [0.2, 0.25) is 5.88 Å². The summed E-state index contributed by atoms with van der Waals surface area (Å²) in [7, 11) is 0. The van der Waals surface area contributed by atoms with E-state index in [2.05, 4.69) is 4.98 Å². The zero-order valence-corrected chi connectivity index (χ0v) is 11.8. The fourth-order valence-corrected chi connectivity index (χ4v) is 2.08. The molecule has 0 saturated heterocycles. The van der Waals surface area contributed by atoms with Crippen molar-refractivity contribution in [1.82, 2.24) is 4.98 Å². The Labute approximate surface area is 122 Å². The molecule has 4 heteroatoms. The second-order valence-electron chi connectivity index (χ2n) is 5.21. The second kappa shape index (κ2) is 5.56. The first-order valence-corrected chi connectivity index (χ1v) is 6.89. The monoisotopic (exact) mass is 285 g/mol. The van der Waals surface area contributed by atoms with Gasteiger partial charge in [-0.25, -0.2) is 9.37 Å². The summed E-state index contributed by atoms with van der Waals surface area (Å²) in [6.07, 6.45) is 3.55. The first-order chi connectivity index (χ1) is 10.1. The third kappa shape index (κ3) is 3.21. The van der Waals surface area contributed by atoms with Gasteiger partial charge in [0, 0.05) is 17.3 Å². The Hall–Kier alpha value is -2.36. The molecule has 3 nitrogen and oxygen atoms in total. The molecule has 21 heavy (non-hydrogen) atoms. The minimum absolute atomic E-state index is 0.263. The van der Waals surface area contributed by atoms with Gasteiger partial charge in [-0.1, -0.05) is 12.1 Å². The van der Waals surface area contributed by atoms with E-state index in [0.717, 1.165) is 35.1 Å². The van der Waals surface area contributed by atoms with Crippen LogP contribution in [-0.4, -0.2) is 10.1 Å². The lowest BCUT2D eigenvalue weighted by atomic mass is 10.1. The summed E-state index contributed by atoms with van der Waals surface area (Å²) in [6.45, 7) is 2.22. The average molecular weight is 285 g/mol. The number of nitrogens with zero attached hydrogens (tertiary/aromatic N) is 1. The molecule has 0 bridgehead atoms. The van der Waals surface area contributed by atoms with E-state index in [9.17, 15) is 9.50 Å². The predicted molar refractivity (Wildman–Crippen MR) is 78.5 cm³/mol. The summed E-state index contributed by atoms with van der Waals surface area (Å²) in [5.74, 6) is 0.605. The van der Waals surface area contributed by atoms with Crippen LogP contribution >= 0.6 is 0 Å². The first-order valence-electron chi connectivity index (χ1n) is 6.89. The van der Waals surface area contributed by atoms with E-state index in [4.69, 9.17) is 4.74 Å². The number of hydrogen-bond donors (Lipinski definition) is 1. The minimum atomic E-state index is -0.263. The number of hydrogen-bond acceptors (Lipinski definition) is 3. The molecule has 3 rings (SSSR count). The molecule has 1 aromatic heterocycles. The van der Waals surface area contributed by atoms with E-state index in [1.807, 2.05) is 13.0 Å². The van der Waals surface area contributed by atoms with Gasteiger partial charge in [-0.15, -0.1) is 0 Å². The Kier molecular flexibility index (Phi) is 3.60. The van der Waals surface area contributed by atoms with Crippen molar-refractivity contribution in [2.24, 2.45) is 0 Å². The number of aliphatic hydroxyl groups is 1. The van der Waals surface area contributed by atoms with Gasteiger partial charge in [0.05, 0.1) is 0 Å². The Morgan fingerprint density at radius 2 is 2.00 bits per heavy atom. The SMILES string of the molecule is Cc1cc(C(O)=C2CC2)cnc1OCc1ccc(F)cc1. The highest BCUT2D eigenvalue weighted by molar-refractivity contribution is 5.65. The molecule has 1 aliphatic carbocycles. The molecule has 1 fully saturated rings. The van der Waals surface area contributed by atoms with Crippen molar-refractivity contribution in [3.63, 3.8) is 0 Å².